The summed E-state index contributed by atoms with van der Waals surface area (Å²) in [5.41, 5.74) is 7.32. The van der Waals surface area contributed by atoms with Gasteiger partial charge in [-0.3, -0.25) is 4.79 Å². The number of nitrogens with two attached hydrogens (primary N) is 1. The third-order valence-corrected chi connectivity index (χ3v) is 4.04. The summed E-state index contributed by atoms with van der Waals surface area (Å²) < 4.78 is 0. The van der Waals surface area contributed by atoms with Crippen molar-refractivity contribution in [1.29, 1.82) is 0 Å². The molecule has 1 saturated heterocycles. The Morgan fingerprint density at radius 3 is 3.00 bits per heavy atom. The lowest BCUT2D eigenvalue weighted by Gasteiger charge is -2.33. The average Bonchev–Trinajstić information content (AvgIpc) is 2.39. The summed E-state index contributed by atoms with van der Waals surface area (Å²) in [6.07, 6.45) is 3.26. The number of hydrogen-bond donors (Lipinski definition) is 1. The summed E-state index contributed by atoms with van der Waals surface area (Å²) in [4.78, 5) is 14.5. The van der Waals surface area contributed by atoms with E-state index in [2.05, 4.69) is 0 Å². The van der Waals surface area contributed by atoms with Crippen LogP contribution in [0.2, 0.25) is 5.02 Å². The number of nitrogens with zero attached hydrogens (tertiary/aromatic N) is 1. The summed E-state index contributed by atoms with van der Waals surface area (Å²) in [5, 5.41) is 0.675. The van der Waals surface area contributed by atoms with Gasteiger partial charge < -0.3 is 10.6 Å². The number of aryl methyl sites for hydroxylation is 1. The summed E-state index contributed by atoms with van der Waals surface area (Å²) >= 11 is 5.93. The van der Waals surface area contributed by atoms with E-state index in [9.17, 15) is 4.79 Å². The number of carbonyl (C=O) groups excluding carboxylic acids is 1. The second-order valence-corrected chi connectivity index (χ2v) is 5.73. The van der Waals surface area contributed by atoms with E-state index in [1.807, 2.05) is 24.0 Å². The Bertz CT molecular complexity index is 459. The molecule has 1 aromatic carbocycles. The molecule has 1 fully saturated rings. The first kappa shape index (κ1) is 14.4. The molecule has 2 rings (SSSR count). The molecular formula is C15H21ClN2O. The number of benzene rings is 1. The smallest absolute Gasteiger partial charge is 0.254 e. The van der Waals surface area contributed by atoms with Gasteiger partial charge in [0.25, 0.3) is 5.91 Å². The van der Waals surface area contributed by atoms with E-state index < -0.39 is 0 Å². The zero-order chi connectivity index (χ0) is 13.8. The fourth-order valence-electron chi connectivity index (χ4n) is 2.76. The lowest BCUT2D eigenvalue weighted by molar-refractivity contribution is 0.0669. The average molecular weight is 281 g/mol. The first-order valence-electron chi connectivity index (χ1n) is 6.87. The number of halogens is 1. The molecule has 1 aliphatic rings. The van der Waals surface area contributed by atoms with Gasteiger partial charge in [-0.15, -0.1) is 0 Å². The molecule has 0 aliphatic carbocycles. The number of piperidine rings is 1. The number of carbonyl (C=O) groups is 1. The van der Waals surface area contributed by atoms with Crippen LogP contribution < -0.4 is 5.73 Å². The van der Waals surface area contributed by atoms with Crippen LogP contribution in [0.1, 0.15) is 35.2 Å². The van der Waals surface area contributed by atoms with E-state index in [0.717, 1.165) is 37.1 Å². The van der Waals surface area contributed by atoms with E-state index >= 15 is 0 Å². The van der Waals surface area contributed by atoms with Crippen LogP contribution in [-0.2, 0) is 0 Å². The highest BCUT2D eigenvalue weighted by molar-refractivity contribution is 6.30. The number of amides is 1. The Balaban J connectivity index is 2.10. The minimum Gasteiger partial charge on any atom is -0.338 e. The van der Waals surface area contributed by atoms with Crippen LogP contribution in [-0.4, -0.2) is 30.4 Å². The highest BCUT2D eigenvalue weighted by Crippen LogP contribution is 2.23. The molecular weight excluding hydrogens is 260 g/mol. The minimum absolute atomic E-state index is 0.121. The SMILES string of the molecule is Cc1cc(Cl)ccc1C(=O)N1CCCC(CCN)C1. The molecule has 1 aliphatic heterocycles. The molecule has 19 heavy (non-hydrogen) atoms. The second-order valence-electron chi connectivity index (χ2n) is 5.30. The maximum atomic E-state index is 12.5. The Kier molecular flexibility index (Phi) is 4.83. The third-order valence-electron chi connectivity index (χ3n) is 3.80. The number of likely N-dealkylation sites (tertiary alicyclic amines) is 1. The highest BCUT2D eigenvalue weighted by atomic mass is 35.5. The van der Waals surface area contributed by atoms with Gasteiger partial charge in [0.05, 0.1) is 0 Å². The fraction of sp³-hybridized carbons (Fsp3) is 0.533. The molecule has 1 amide bonds. The van der Waals surface area contributed by atoms with Gasteiger partial charge in [0.15, 0.2) is 0 Å². The van der Waals surface area contributed by atoms with E-state index in [1.54, 1.807) is 6.07 Å². The maximum absolute atomic E-state index is 12.5. The molecule has 0 aromatic heterocycles. The molecule has 1 heterocycles. The van der Waals surface area contributed by atoms with E-state index in [0.29, 0.717) is 17.5 Å². The van der Waals surface area contributed by atoms with E-state index in [-0.39, 0.29) is 5.91 Å². The summed E-state index contributed by atoms with van der Waals surface area (Å²) in [5.74, 6) is 0.672. The predicted octanol–water partition coefficient (Wildman–Crippen LogP) is 2.85. The van der Waals surface area contributed by atoms with Gasteiger partial charge >= 0.3 is 0 Å². The Labute approximate surface area is 119 Å². The van der Waals surface area contributed by atoms with Crippen molar-refractivity contribution in [3.05, 3.63) is 34.3 Å². The molecule has 1 unspecified atom stereocenters. The Morgan fingerprint density at radius 1 is 1.53 bits per heavy atom. The fourth-order valence-corrected chi connectivity index (χ4v) is 2.98. The van der Waals surface area contributed by atoms with Gasteiger partial charge in [0.2, 0.25) is 0 Å². The van der Waals surface area contributed by atoms with Crippen molar-refractivity contribution in [2.45, 2.75) is 26.2 Å². The number of rotatable bonds is 3. The minimum atomic E-state index is 0.121. The van der Waals surface area contributed by atoms with Crippen LogP contribution in [0.5, 0.6) is 0 Å². The quantitative estimate of drug-likeness (QED) is 0.925. The molecule has 0 radical (unpaired) electrons. The molecule has 104 valence electrons. The van der Waals surface area contributed by atoms with Gasteiger partial charge in [-0.05, 0) is 62.4 Å². The predicted molar refractivity (Wildman–Crippen MR) is 78.5 cm³/mol. The van der Waals surface area contributed by atoms with Crippen molar-refractivity contribution in [2.75, 3.05) is 19.6 Å². The largest absolute Gasteiger partial charge is 0.338 e. The van der Waals surface area contributed by atoms with Crippen molar-refractivity contribution in [3.63, 3.8) is 0 Å². The zero-order valence-corrected chi connectivity index (χ0v) is 12.1. The molecule has 1 atom stereocenters. The van der Waals surface area contributed by atoms with Crippen molar-refractivity contribution >= 4 is 17.5 Å². The van der Waals surface area contributed by atoms with Gasteiger partial charge in [-0.25, -0.2) is 0 Å². The molecule has 0 saturated carbocycles. The van der Waals surface area contributed by atoms with Crippen LogP contribution in [0.15, 0.2) is 18.2 Å². The molecule has 3 nitrogen and oxygen atoms in total. The highest BCUT2D eigenvalue weighted by Gasteiger charge is 2.24. The van der Waals surface area contributed by atoms with Gasteiger partial charge in [0, 0.05) is 23.7 Å². The zero-order valence-electron chi connectivity index (χ0n) is 11.4. The van der Waals surface area contributed by atoms with Gasteiger partial charge in [-0.2, -0.15) is 0 Å². The van der Waals surface area contributed by atoms with Crippen LogP contribution >= 0.6 is 11.6 Å². The van der Waals surface area contributed by atoms with Crippen LogP contribution in [0.3, 0.4) is 0 Å². The monoisotopic (exact) mass is 280 g/mol. The van der Waals surface area contributed by atoms with Gasteiger partial charge in [0.1, 0.15) is 0 Å². The number of hydrogen-bond acceptors (Lipinski definition) is 2. The maximum Gasteiger partial charge on any atom is 0.254 e. The van der Waals surface area contributed by atoms with Crippen molar-refractivity contribution < 1.29 is 4.79 Å². The first-order chi connectivity index (χ1) is 9.11. The van der Waals surface area contributed by atoms with Crippen molar-refractivity contribution in [3.8, 4) is 0 Å². The molecule has 1 aromatic rings. The molecule has 4 heteroatoms. The van der Waals surface area contributed by atoms with Crippen LogP contribution in [0.25, 0.3) is 0 Å². The first-order valence-corrected chi connectivity index (χ1v) is 7.25. The topological polar surface area (TPSA) is 46.3 Å². The van der Waals surface area contributed by atoms with Crippen LogP contribution in [0.4, 0.5) is 0 Å². The van der Waals surface area contributed by atoms with E-state index in [1.165, 1.54) is 6.42 Å². The van der Waals surface area contributed by atoms with Gasteiger partial charge in [-0.1, -0.05) is 11.6 Å². The molecule has 2 N–H and O–H groups in total. The summed E-state index contributed by atoms with van der Waals surface area (Å²) in [6, 6.07) is 5.45. The lowest BCUT2D eigenvalue weighted by atomic mass is 9.94. The third kappa shape index (κ3) is 3.48. The lowest BCUT2D eigenvalue weighted by Crippen LogP contribution is -2.40. The summed E-state index contributed by atoms with van der Waals surface area (Å²) in [6.45, 7) is 4.31. The molecule has 0 spiro atoms. The Hall–Kier alpha value is -1.06. The standard InChI is InChI=1S/C15H21ClN2O/c1-11-9-13(16)4-5-14(11)15(19)18-8-2-3-12(10-18)6-7-17/h4-5,9,12H,2-3,6-8,10,17H2,1H3. The normalized spacial score (nSPS) is 19.5. The summed E-state index contributed by atoms with van der Waals surface area (Å²) in [7, 11) is 0. The molecule has 0 bridgehead atoms. The van der Waals surface area contributed by atoms with Crippen LogP contribution in [0, 0.1) is 12.8 Å². The Morgan fingerprint density at radius 2 is 2.32 bits per heavy atom. The van der Waals surface area contributed by atoms with Crippen molar-refractivity contribution in [1.82, 2.24) is 4.90 Å². The van der Waals surface area contributed by atoms with Crippen molar-refractivity contribution in [2.24, 2.45) is 11.7 Å². The second kappa shape index (κ2) is 6.40. The van der Waals surface area contributed by atoms with E-state index in [4.69, 9.17) is 17.3 Å².